The average molecular weight is 575 g/mol. The van der Waals surface area contributed by atoms with Crippen LogP contribution in [0.25, 0.3) is 0 Å². The molecular formula is C30H34N6O4S. The van der Waals surface area contributed by atoms with Gasteiger partial charge in [0.1, 0.15) is 11.4 Å². The number of rotatable bonds is 7. The van der Waals surface area contributed by atoms with E-state index in [0.29, 0.717) is 23.7 Å². The van der Waals surface area contributed by atoms with E-state index in [-0.39, 0.29) is 23.9 Å². The van der Waals surface area contributed by atoms with Gasteiger partial charge in [0.2, 0.25) is 10.0 Å². The number of benzene rings is 1. The molecule has 0 radical (unpaired) electrons. The molecule has 1 aromatic carbocycles. The van der Waals surface area contributed by atoms with Crippen molar-refractivity contribution in [3.63, 3.8) is 0 Å². The number of carbonyl (C=O) groups excluding carboxylic acids is 2. The normalized spacial score (nSPS) is 19.9. The second-order valence-electron chi connectivity index (χ2n) is 11.9. The van der Waals surface area contributed by atoms with Crippen molar-refractivity contribution in [3.05, 3.63) is 77.7 Å². The lowest BCUT2D eigenvalue weighted by molar-refractivity contribution is -0.123. The fraction of sp³-hybridized carbons (Fsp3) is 0.400. The van der Waals surface area contributed by atoms with Crippen LogP contribution in [0, 0.1) is 0 Å². The van der Waals surface area contributed by atoms with E-state index in [4.69, 9.17) is 0 Å². The van der Waals surface area contributed by atoms with Crippen molar-refractivity contribution >= 4 is 39.2 Å². The Morgan fingerprint density at radius 3 is 2.51 bits per heavy atom. The van der Waals surface area contributed by atoms with E-state index in [2.05, 4.69) is 15.3 Å². The minimum atomic E-state index is -3.52. The molecule has 1 spiro atoms. The van der Waals surface area contributed by atoms with Crippen molar-refractivity contribution in [2.24, 2.45) is 0 Å². The lowest BCUT2D eigenvalue weighted by Crippen LogP contribution is -2.43. The number of urea groups is 1. The monoisotopic (exact) mass is 574 g/mol. The van der Waals surface area contributed by atoms with Crippen LogP contribution < -0.4 is 14.5 Å². The fourth-order valence-corrected chi connectivity index (χ4v) is 7.18. The molecule has 0 bridgehead atoms. The molecule has 4 heterocycles. The molecule has 2 aromatic heterocycles. The molecule has 2 aliphatic heterocycles. The number of amides is 3. The number of imide groups is 1. The summed E-state index contributed by atoms with van der Waals surface area (Å²) in [5, 5.41) is 3.37. The minimum Gasteiger partial charge on any atom is -0.363 e. The van der Waals surface area contributed by atoms with Gasteiger partial charge in [-0.05, 0) is 80.6 Å². The highest BCUT2D eigenvalue weighted by molar-refractivity contribution is 7.92. The van der Waals surface area contributed by atoms with E-state index in [1.54, 1.807) is 49.5 Å². The predicted octanol–water partition coefficient (Wildman–Crippen LogP) is 4.60. The Morgan fingerprint density at radius 2 is 1.85 bits per heavy atom. The molecule has 1 aliphatic carbocycles. The Labute approximate surface area is 240 Å². The van der Waals surface area contributed by atoms with E-state index in [1.165, 1.54) is 15.5 Å². The summed E-state index contributed by atoms with van der Waals surface area (Å²) in [5.41, 5.74) is 2.47. The molecule has 11 heteroatoms. The predicted molar refractivity (Wildman–Crippen MR) is 157 cm³/mol. The molecule has 1 N–H and O–H groups in total. The number of fused-ring (bicyclic) bond motifs is 2. The number of carbonyl (C=O) groups is 2. The molecular weight excluding hydrogens is 540 g/mol. The Hall–Kier alpha value is -3.99. The molecule has 1 saturated heterocycles. The smallest absolute Gasteiger partial charge is 0.332 e. The summed E-state index contributed by atoms with van der Waals surface area (Å²) >= 11 is 0. The van der Waals surface area contributed by atoms with Gasteiger partial charge in [-0.25, -0.2) is 23.1 Å². The first-order valence-corrected chi connectivity index (χ1v) is 15.7. The van der Waals surface area contributed by atoms with Gasteiger partial charge in [-0.15, -0.1) is 0 Å². The number of pyridine rings is 2. The van der Waals surface area contributed by atoms with Gasteiger partial charge >= 0.3 is 6.03 Å². The summed E-state index contributed by atoms with van der Waals surface area (Å²) in [6.45, 7) is 6.09. The molecule has 1 saturated carbocycles. The number of aromatic nitrogens is 2. The zero-order valence-corrected chi connectivity index (χ0v) is 24.5. The van der Waals surface area contributed by atoms with Crippen molar-refractivity contribution in [2.75, 3.05) is 27.3 Å². The SMILES string of the molecule is C[C@H](Nc1cc(CN2C(=O)N(c3ccc4c(c3)N(S(C)(=O)=O)CC43CCC3)C(=O)C2(C)C)ccn1)c1cccnc1. The number of hydrogen-bond acceptors (Lipinski definition) is 7. The molecule has 3 amide bonds. The van der Waals surface area contributed by atoms with Crippen molar-refractivity contribution < 1.29 is 18.0 Å². The van der Waals surface area contributed by atoms with Gasteiger partial charge in [0.25, 0.3) is 5.91 Å². The van der Waals surface area contributed by atoms with Gasteiger partial charge in [-0.1, -0.05) is 18.6 Å². The van der Waals surface area contributed by atoms with Crippen molar-refractivity contribution in [1.82, 2.24) is 14.9 Å². The van der Waals surface area contributed by atoms with Gasteiger partial charge in [-0.2, -0.15) is 0 Å². The maximum absolute atomic E-state index is 13.8. The third-order valence-corrected chi connectivity index (χ3v) is 9.90. The third kappa shape index (κ3) is 4.52. The number of sulfonamides is 1. The zero-order chi connectivity index (χ0) is 29.2. The standard InChI is InChI=1S/C30H34N6O4S/c1-20(22-7-5-13-31-17-22)33-26-15-21(10-14-32-26)18-34-28(38)36(27(37)29(34,2)3)23-8-9-24-25(16-23)35(41(4,39)40)19-30(24)11-6-12-30/h5,7-10,13-17,20H,6,11-12,18-19H2,1-4H3,(H,32,33)/t20-/m0/s1. The van der Waals surface area contributed by atoms with E-state index in [9.17, 15) is 18.0 Å². The summed E-state index contributed by atoms with van der Waals surface area (Å²) in [5.74, 6) is 0.290. The van der Waals surface area contributed by atoms with Crippen molar-refractivity contribution in [2.45, 2.75) is 63.6 Å². The van der Waals surface area contributed by atoms with Crippen LogP contribution in [-0.4, -0.2) is 53.6 Å². The number of nitrogens with one attached hydrogen (secondary N) is 1. The lowest BCUT2D eigenvalue weighted by Gasteiger charge is -2.38. The van der Waals surface area contributed by atoms with E-state index in [0.717, 1.165) is 36.0 Å². The average Bonchev–Trinajstić information content (AvgIpc) is 3.35. The summed E-state index contributed by atoms with van der Waals surface area (Å²) < 4.78 is 26.8. The largest absolute Gasteiger partial charge is 0.363 e. The molecule has 41 heavy (non-hydrogen) atoms. The van der Waals surface area contributed by atoms with E-state index in [1.807, 2.05) is 37.3 Å². The number of nitrogens with zero attached hydrogens (tertiary/aromatic N) is 5. The number of hydrogen-bond donors (Lipinski definition) is 1. The van der Waals surface area contributed by atoms with Crippen LogP contribution >= 0.6 is 0 Å². The lowest BCUT2D eigenvalue weighted by atomic mass is 9.66. The van der Waals surface area contributed by atoms with Crippen LogP contribution in [0.2, 0.25) is 0 Å². The van der Waals surface area contributed by atoms with E-state index >= 15 is 0 Å². The van der Waals surface area contributed by atoms with Crippen molar-refractivity contribution in [1.29, 1.82) is 0 Å². The summed E-state index contributed by atoms with van der Waals surface area (Å²) in [4.78, 5) is 38.8. The molecule has 3 aromatic rings. The second kappa shape index (κ2) is 9.54. The quantitative estimate of drug-likeness (QED) is 0.410. The second-order valence-corrected chi connectivity index (χ2v) is 13.8. The molecule has 2 fully saturated rings. The Bertz CT molecular complexity index is 1640. The molecule has 10 nitrogen and oxygen atoms in total. The van der Waals surface area contributed by atoms with Gasteiger partial charge in [0.05, 0.1) is 23.7 Å². The van der Waals surface area contributed by atoms with Crippen LogP contribution in [0.5, 0.6) is 0 Å². The van der Waals surface area contributed by atoms with Crippen molar-refractivity contribution in [3.8, 4) is 0 Å². The summed E-state index contributed by atoms with van der Waals surface area (Å²) in [6.07, 6.45) is 9.32. The number of anilines is 3. The van der Waals surface area contributed by atoms with Gasteiger partial charge < -0.3 is 10.2 Å². The van der Waals surface area contributed by atoms with Gasteiger partial charge in [0, 0.05) is 37.1 Å². The topological polar surface area (TPSA) is 116 Å². The van der Waals surface area contributed by atoms with Gasteiger partial charge in [-0.3, -0.25) is 14.1 Å². The summed E-state index contributed by atoms with van der Waals surface area (Å²) in [7, 11) is -3.52. The maximum atomic E-state index is 13.8. The molecule has 0 unspecified atom stereocenters. The maximum Gasteiger partial charge on any atom is 0.332 e. The third-order valence-electron chi connectivity index (χ3n) is 8.77. The van der Waals surface area contributed by atoms with Crippen LogP contribution in [0.15, 0.2) is 61.1 Å². The summed E-state index contributed by atoms with van der Waals surface area (Å²) in [6, 6.07) is 12.5. The molecule has 6 rings (SSSR count). The fourth-order valence-electron chi connectivity index (χ4n) is 6.19. The zero-order valence-electron chi connectivity index (χ0n) is 23.7. The van der Waals surface area contributed by atoms with Crippen LogP contribution in [0.4, 0.5) is 22.0 Å². The molecule has 3 aliphatic rings. The first-order chi connectivity index (χ1) is 19.4. The van der Waals surface area contributed by atoms with Crippen LogP contribution in [0.3, 0.4) is 0 Å². The first kappa shape index (κ1) is 27.2. The molecule has 214 valence electrons. The Balaban J connectivity index is 1.27. The Morgan fingerprint density at radius 1 is 1.07 bits per heavy atom. The molecule has 1 atom stereocenters. The highest BCUT2D eigenvalue weighted by Gasteiger charge is 2.53. The highest BCUT2D eigenvalue weighted by atomic mass is 32.2. The van der Waals surface area contributed by atoms with E-state index < -0.39 is 21.6 Å². The minimum absolute atomic E-state index is 0.0289. The Kier molecular flexibility index (Phi) is 6.33. The highest BCUT2D eigenvalue weighted by Crippen LogP contribution is 2.54. The van der Waals surface area contributed by atoms with Gasteiger partial charge in [0.15, 0.2) is 0 Å². The van der Waals surface area contributed by atoms with Crippen LogP contribution in [0.1, 0.15) is 62.8 Å². The van der Waals surface area contributed by atoms with Crippen LogP contribution in [-0.2, 0) is 26.8 Å². The first-order valence-electron chi connectivity index (χ1n) is 13.8.